The van der Waals surface area contributed by atoms with Crippen molar-refractivity contribution in [3.63, 3.8) is 0 Å². The number of nitrogens with one attached hydrogen (secondary N) is 1. The molecule has 0 saturated carbocycles. The van der Waals surface area contributed by atoms with Crippen molar-refractivity contribution in [1.29, 1.82) is 0 Å². The zero-order valence-electron chi connectivity index (χ0n) is 14.8. The van der Waals surface area contributed by atoms with Crippen LogP contribution in [0.15, 0.2) is 48.5 Å². The van der Waals surface area contributed by atoms with Gasteiger partial charge in [0, 0.05) is 39.3 Å². The molecule has 1 N–H and O–H groups in total. The van der Waals surface area contributed by atoms with Gasteiger partial charge in [-0.2, -0.15) is 0 Å². The number of hydrogen-bond acceptors (Lipinski definition) is 4. The summed E-state index contributed by atoms with van der Waals surface area (Å²) in [6, 6.07) is 16.1. The van der Waals surface area contributed by atoms with E-state index in [1.54, 1.807) is 6.07 Å². The molecule has 4 rings (SSSR count). The fourth-order valence-electron chi connectivity index (χ4n) is 3.79. The molecule has 26 heavy (non-hydrogen) atoms. The summed E-state index contributed by atoms with van der Waals surface area (Å²) in [7, 11) is 0. The van der Waals surface area contributed by atoms with Crippen molar-refractivity contribution in [2.45, 2.75) is 13.0 Å². The molecule has 0 unspecified atom stereocenters. The number of amides is 2. The lowest BCUT2D eigenvalue weighted by molar-refractivity contribution is 0.0879. The van der Waals surface area contributed by atoms with Gasteiger partial charge in [-0.25, -0.2) is 0 Å². The Balaban J connectivity index is 1.31. The van der Waals surface area contributed by atoms with Gasteiger partial charge in [0.15, 0.2) is 0 Å². The summed E-state index contributed by atoms with van der Waals surface area (Å²) >= 11 is 0. The van der Waals surface area contributed by atoms with Gasteiger partial charge in [0.25, 0.3) is 11.8 Å². The lowest BCUT2D eigenvalue weighted by atomic mass is 10.00. The van der Waals surface area contributed by atoms with Crippen LogP contribution in [0, 0.1) is 0 Å². The second-order valence-electron chi connectivity index (χ2n) is 6.98. The minimum Gasteiger partial charge on any atom is -0.300 e. The number of carbonyl (C=O) groups excluding carboxylic acids is 2. The number of carbonyl (C=O) groups is 2. The molecule has 5 heteroatoms. The Morgan fingerprint density at radius 3 is 2.31 bits per heavy atom. The van der Waals surface area contributed by atoms with Gasteiger partial charge < -0.3 is 4.90 Å². The first-order chi connectivity index (χ1) is 12.7. The molecule has 5 nitrogen and oxygen atoms in total. The zero-order chi connectivity index (χ0) is 17.9. The molecule has 0 bridgehead atoms. The van der Waals surface area contributed by atoms with Crippen molar-refractivity contribution < 1.29 is 9.59 Å². The fourth-order valence-corrected chi connectivity index (χ4v) is 3.79. The molecule has 2 aliphatic heterocycles. The SMILES string of the molecule is O=C1NC(=O)c2c(CCN3CCN(Cc4ccccc4)CC3)cccc21. The number of hydrogen-bond donors (Lipinski definition) is 1. The molecule has 2 heterocycles. The average molecular weight is 349 g/mol. The number of benzene rings is 2. The second kappa shape index (κ2) is 7.40. The molecule has 134 valence electrons. The predicted octanol–water partition coefficient (Wildman–Crippen LogP) is 1.93. The minimum atomic E-state index is -0.277. The topological polar surface area (TPSA) is 52.7 Å². The van der Waals surface area contributed by atoms with E-state index in [1.165, 1.54) is 5.56 Å². The molecular weight excluding hydrogens is 326 g/mol. The summed E-state index contributed by atoms with van der Waals surface area (Å²) in [5.41, 5.74) is 3.41. The molecule has 0 aromatic heterocycles. The first kappa shape index (κ1) is 16.9. The Kier molecular flexibility index (Phi) is 4.82. The Bertz CT molecular complexity index is 811. The summed E-state index contributed by atoms with van der Waals surface area (Å²) in [4.78, 5) is 28.7. The van der Waals surface area contributed by atoms with E-state index in [-0.39, 0.29) is 11.8 Å². The molecule has 1 fully saturated rings. The molecule has 0 aliphatic carbocycles. The molecule has 2 aromatic rings. The highest BCUT2D eigenvalue weighted by Gasteiger charge is 2.29. The zero-order valence-corrected chi connectivity index (χ0v) is 14.8. The van der Waals surface area contributed by atoms with Crippen LogP contribution in [0.4, 0.5) is 0 Å². The van der Waals surface area contributed by atoms with Crippen LogP contribution in [0.25, 0.3) is 0 Å². The van der Waals surface area contributed by atoms with Crippen LogP contribution in [0.1, 0.15) is 31.8 Å². The van der Waals surface area contributed by atoms with Crippen LogP contribution >= 0.6 is 0 Å². The van der Waals surface area contributed by atoms with Gasteiger partial charge in [-0.1, -0.05) is 42.5 Å². The Morgan fingerprint density at radius 2 is 1.54 bits per heavy atom. The van der Waals surface area contributed by atoms with E-state index in [0.717, 1.165) is 51.3 Å². The van der Waals surface area contributed by atoms with Gasteiger partial charge in [0.2, 0.25) is 0 Å². The van der Waals surface area contributed by atoms with Gasteiger partial charge >= 0.3 is 0 Å². The van der Waals surface area contributed by atoms with Gasteiger partial charge in [0.1, 0.15) is 0 Å². The van der Waals surface area contributed by atoms with Crippen LogP contribution in [0.5, 0.6) is 0 Å². The smallest absolute Gasteiger partial charge is 0.259 e. The summed E-state index contributed by atoms with van der Waals surface area (Å²) < 4.78 is 0. The number of rotatable bonds is 5. The van der Waals surface area contributed by atoms with Crippen LogP contribution < -0.4 is 5.32 Å². The second-order valence-corrected chi connectivity index (χ2v) is 6.98. The van der Waals surface area contributed by atoms with Crippen molar-refractivity contribution in [3.8, 4) is 0 Å². The molecule has 1 saturated heterocycles. The standard InChI is InChI=1S/C21H23N3O2/c25-20-18-8-4-7-17(19(18)21(26)22-20)9-10-23-11-13-24(14-12-23)15-16-5-2-1-3-6-16/h1-8H,9-15H2,(H,22,25,26). The molecule has 2 aliphatic rings. The quantitative estimate of drug-likeness (QED) is 0.838. The number of nitrogens with zero attached hydrogens (tertiary/aromatic N) is 2. The minimum absolute atomic E-state index is 0.256. The van der Waals surface area contributed by atoms with Crippen molar-refractivity contribution >= 4 is 11.8 Å². The van der Waals surface area contributed by atoms with Crippen LogP contribution in [0.2, 0.25) is 0 Å². The molecule has 0 atom stereocenters. The molecule has 0 spiro atoms. The normalized spacial score (nSPS) is 18.0. The first-order valence-electron chi connectivity index (χ1n) is 9.17. The van der Waals surface area contributed by atoms with Crippen molar-refractivity contribution in [2.24, 2.45) is 0 Å². The van der Waals surface area contributed by atoms with Gasteiger partial charge in [0.05, 0.1) is 11.1 Å². The van der Waals surface area contributed by atoms with Gasteiger partial charge in [-0.3, -0.25) is 19.8 Å². The monoisotopic (exact) mass is 349 g/mol. The molecule has 2 amide bonds. The van der Waals surface area contributed by atoms with Crippen LogP contribution in [-0.2, 0) is 13.0 Å². The summed E-state index contributed by atoms with van der Waals surface area (Å²) in [5.74, 6) is -0.533. The molecule has 2 aromatic carbocycles. The third kappa shape index (κ3) is 3.54. The predicted molar refractivity (Wildman–Crippen MR) is 100 cm³/mol. The maximum absolute atomic E-state index is 12.0. The first-order valence-corrected chi connectivity index (χ1v) is 9.17. The maximum atomic E-state index is 12.0. The lowest BCUT2D eigenvalue weighted by Crippen LogP contribution is -2.46. The van der Waals surface area contributed by atoms with Crippen LogP contribution in [0.3, 0.4) is 0 Å². The number of imide groups is 1. The Morgan fingerprint density at radius 1 is 0.808 bits per heavy atom. The summed E-state index contributed by atoms with van der Waals surface area (Å²) in [6.45, 7) is 6.10. The fraction of sp³-hybridized carbons (Fsp3) is 0.333. The van der Waals surface area contributed by atoms with Gasteiger partial charge in [-0.05, 0) is 23.6 Å². The molecule has 0 radical (unpaired) electrons. The average Bonchev–Trinajstić information content (AvgIpc) is 2.97. The van der Waals surface area contributed by atoms with Crippen molar-refractivity contribution in [1.82, 2.24) is 15.1 Å². The highest BCUT2D eigenvalue weighted by Crippen LogP contribution is 2.21. The highest BCUT2D eigenvalue weighted by molar-refractivity contribution is 6.22. The number of fused-ring (bicyclic) bond motifs is 1. The van der Waals surface area contributed by atoms with E-state index in [2.05, 4.69) is 45.4 Å². The van der Waals surface area contributed by atoms with Crippen LogP contribution in [-0.4, -0.2) is 54.3 Å². The van der Waals surface area contributed by atoms with E-state index < -0.39 is 0 Å². The number of piperazine rings is 1. The maximum Gasteiger partial charge on any atom is 0.259 e. The lowest BCUT2D eigenvalue weighted by Gasteiger charge is -2.34. The summed E-state index contributed by atoms with van der Waals surface area (Å²) in [6.07, 6.45) is 0.794. The Hall–Kier alpha value is -2.50. The summed E-state index contributed by atoms with van der Waals surface area (Å²) in [5, 5.41) is 2.39. The van der Waals surface area contributed by atoms with E-state index in [4.69, 9.17) is 0 Å². The third-order valence-electron chi connectivity index (χ3n) is 5.26. The van der Waals surface area contributed by atoms with E-state index in [0.29, 0.717) is 11.1 Å². The highest BCUT2D eigenvalue weighted by atomic mass is 16.2. The van der Waals surface area contributed by atoms with Crippen molar-refractivity contribution in [2.75, 3.05) is 32.7 Å². The van der Waals surface area contributed by atoms with Gasteiger partial charge in [-0.15, -0.1) is 0 Å². The van der Waals surface area contributed by atoms with Crippen molar-refractivity contribution in [3.05, 3.63) is 70.8 Å². The Labute approximate surface area is 153 Å². The van der Waals surface area contributed by atoms with E-state index in [9.17, 15) is 9.59 Å². The molecular formula is C21H23N3O2. The van der Waals surface area contributed by atoms with E-state index in [1.807, 2.05) is 12.1 Å². The van der Waals surface area contributed by atoms with E-state index >= 15 is 0 Å². The largest absolute Gasteiger partial charge is 0.300 e. The third-order valence-corrected chi connectivity index (χ3v) is 5.26.